The lowest BCUT2D eigenvalue weighted by atomic mass is 9.94. The Balaban J connectivity index is 1.85. The second-order valence-corrected chi connectivity index (χ2v) is 5.45. The summed E-state index contributed by atoms with van der Waals surface area (Å²) in [6.45, 7) is 0. The highest BCUT2D eigenvalue weighted by molar-refractivity contribution is 5.26. The summed E-state index contributed by atoms with van der Waals surface area (Å²) in [4.78, 5) is 0. The predicted octanol–water partition coefficient (Wildman–Crippen LogP) is 5.14. The van der Waals surface area contributed by atoms with Crippen molar-refractivity contribution in [2.45, 2.75) is 31.8 Å². The molecule has 0 aromatic heterocycles. The first-order chi connectivity index (χ1) is 9.83. The molecule has 0 radical (unpaired) electrons. The summed E-state index contributed by atoms with van der Waals surface area (Å²) in [5, 5.41) is 0. The van der Waals surface area contributed by atoms with Crippen LogP contribution < -0.4 is 4.74 Å². The number of benzene rings is 2. The SMILES string of the molecule is Fc1cccc(O[C@H](c2ccccc2)C2CCCC2)c1. The van der Waals surface area contributed by atoms with Gasteiger partial charge in [-0.1, -0.05) is 49.2 Å². The third-order valence-corrected chi connectivity index (χ3v) is 4.02. The molecule has 0 N–H and O–H groups in total. The zero-order chi connectivity index (χ0) is 13.8. The molecule has 0 aliphatic heterocycles. The fourth-order valence-electron chi connectivity index (χ4n) is 3.03. The highest BCUT2D eigenvalue weighted by Gasteiger charge is 2.28. The van der Waals surface area contributed by atoms with E-state index < -0.39 is 0 Å². The van der Waals surface area contributed by atoms with E-state index in [4.69, 9.17) is 4.74 Å². The summed E-state index contributed by atoms with van der Waals surface area (Å²) in [5.41, 5.74) is 1.18. The predicted molar refractivity (Wildman–Crippen MR) is 78.2 cm³/mol. The summed E-state index contributed by atoms with van der Waals surface area (Å²) in [5.74, 6) is 0.896. The molecule has 1 fully saturated rings. The van der Waals surface area contributed by atoms with Gasteiger partial charge in [0.25, 0.3) is 0 Å². The summed E-state index contributed by atoms with van der Waals surface area (Å²) in [6.07, 6.45) is 4.94. The van der Waals surface area contributed by atoms with E-state index in [0.717, 1.165) is 0 Å². The number of hydrogen-bond donors (Lipinski definition) is 0. The van der Waals surface area contributed by atoms with Gasteiger partial charge in [0.15, 0.2) is 0 Å². The molecular formula is C18H19FO. The van der Waals surface area contributed by atoms with Crippen molar-refractivity contribution in [2.75, 3.05) is 0 Å². The standard InChI is InChI=1S/C18H19FO/c19-16-11-6-12-17(13-16)20-18(15-9-4-5-10-15)14-7-2-1-3-8-14/h1-3,6-8,11-13,15,18H,4-5,9-10H2/t18-/m1/s1. The molecule has 2 heteroatoms. The van der Waals surface area contributed by atoms with Crippen LogP contribution in [0.15, 0.2) is 54.6 Å². The van der Waals surface area contributed by atoms with Crippen molar-refractivity contribution in [1.29, 1.82) is 0 Å². The normalized spacial score (nSPS) is 17.1. The minimum Gasteiger partial charge on any atom is -0.485 e. The minimum atomic E-state index is -0.249. The zero-order valence-corrected chi connectivity index (χ0v) is 11.5. The summed E-state index contributed by atoms with van der Waals surface area (Å²) >= 11 is 0. The van der Waals surface area contributed by atoms with Gasteiger partial charge in [0, 0.05) is 12.0 Å². The summed E-state index contributed by atoms with van der Waals surface area (Å²) < 4.78 is 19.4. The van der Waals surface area contributed by atoms with Gasteiger partial charge in [0.05, 0.1) is 0 Å². The average Bonchev–Trinajstić information content (AvgIpc) is 3.00. The molecule has 104 valence electrons. The van der Waals surface area contributed by atoms with E-state index in [1.54, 1.807) is 6.07 Å². The van der Waals surface area contributed by atoms with Crippen molar-refractivity contribution in [3.05, 3.63) is 66.0 Å². The fourth-order valence-corrected chi connectivity index (χ4v) is 3.03. The Bertz CT molecular complexity index is 546. The van der Waals surface area contributed by atoms with E-state index in [9.17, 15) is 4.39 Å². The third kappa shape index (κ3) is 3.01. The van der Waals surface area contributed by atoms with Crippen LogP contribution in [0, 0.1) is 11.7 Å². The smallest absolute Gasteiger partial charge is 0.127 e. The molecule has 0 bridgehead atoms. The summed E-state index contributed by atoms with van der Waals surface area (Å²) in [7, 11) is 0. The molecule has 0 heterocycles. The van der Waals surface area contributed by atoms with Gasteiger partial charge in [-0.15, -0.1) is 0 Å². The van der Waals surface area contributed by atoms with Crippen molar-refractivity contribution in [3.8, 4) is 5.75 Å². The Morgan fingerprint density at radius 2 is 1.70 bits per heavy atom. The third-order valence-electron chi connectivity index (χ3n) is 4.02. The van der Waals surface area contributed by atoms with Crippen LogP contribution >= 0.6 is 0 Å². The van der Waals surface area contributed by atoms with Gasteiger partial charge in [-0.25, -0.2) is 4.39 Å². The zero-order valence-electron chi connectivity index (χ0n) is 11.5. The first kappa shape index (κ1) is 13.2. The van der Waals surface area contributed by atoms with E-state index in [0.29, 0.717) is 11.7 Å². The van der Waals surface area contributed by atoms with E-state index in [2.05, 4.69) is 12.1 Å². The van der Waals surface area contributed by atoms with Crippen LogP contribution in [0.5, 0.6) is 5.75 Å². The number of rotatable bonds is 4. The molecule has 1 nitrogen and oxygen atoms in total. The lowest BCUT2D eigenvalue weighted by Crippen LogP contribution is -2.16. The van der Waals surface area contributed by atoms with Crippen LogP contribution in [-0.4, -0.2) is 0 Å². The molecule has 2 aromatic carbocycles. The van der Waals surface area contributed by atoms with Crippen LogP contribution in [0.1, 0.15) is 37.4 Å². The number of hydrogen-bond acceptors (Lipinski definition) is 1. The molecule has 1 aliphatic carbocycles. The quantitative estimate of drug-likeness (QED) is 0.747. The van der Waals surface area contributed by atoms with Gasteiger partial charge in [0.2, 0.25) is 0 Å². The molecule has 0 amide bonds. The lowest BCUT2D eigenvalue weighted by Gasteiger charge is -2.25. The highest BCUT2D eigenvalue weighted by atomic mass is 19.1. The van der Waals surface area contributed by atoms with Gasteiger partial charge in [-0.05, 0) is 30.5 Å². The molecule has 20 heavy (non-hydrogen) atoms. The van der Waals surface area contributed by atoms with Crippen LogP contribution in [0.25, 0.3) is 0 Å². The molecule has 0 unspecified atom stereocenters. The Morgan fingerprint density at radius 1 is 0.950 bits per heavy atom. The maximum Gasteiger partial charge on any atom is 0.127 e. The Hall–Kier alpha value is -1.83. The number of halogens is 1. The van der Waals surface area contributed by atoms with Gasteiger partial charge in [-0.3, -0.25) is 0 Å². The molecule has 1 saturated carbocycles. The Morgan fingerprint density at radius 3 is 2.40 bits per heavy atom. The first-order valence-electron chi connectivity index (χ1n) is 7.30. The van der Waals surface area contributed by atoms with Crippen molar-refractivity contribution in [1.82, 2.24) is 0 Å². The van der Waals surface area contributed by atoms with Gasteiger partial charge < -0.3 is 4.74 Å². The Kier molecular flexibility index (Phi) is 4.00. The van der Waals surface area contributed by atoms with Gasteiger partial charge in [-0.2, -0.15) is 0 Å². The van der Waals surface area contributed by atoms with Crippen molar-refractivity contribution >= 4 is 0 Å². The van der Waals surface area contributed by atoms with E-state index in [-0.39, 0.29) is 11.9 Å². The molecular weight excluding hydrogens is 251 g/mol. The monoisotopic (exact) mass is 270 g/mol. The maximum absolute atomic E-state index is 13.3. The highest BCUT2D eigenvalue weighted by Crippen LogP contribution is 2.38. The maximum atomic E-state index is 13.3. The molecule has 2 aromatic rings. The number of ether oxygens (including phenoxy) is 1. The molecule has 1 atom stereocenters. The minimum absolute atomic E-state index is 0.0282. The largest absolute Gasteiger partial charge is 0.485 e. The molecule has 3 rings (SSSR count). The van der Waals surface area contributed by atoms with E-state index in [1.807, 2.05) is 24.3 Å². The lowest BCUT2D eigenvalue weighted by molar-refractivity contribution is 0.137. The van der Waals surface area contributed by atoms with Crippen molar-refractivity contribution in [2.24, 2.45) is 5.92 Å². The van der Waals surface area contributed by atoms with Crippen molar-refractivity contribution in [3.63, 3.8) is 0 Å². The second-order valence-electron chi connectivity index (χ2n) is 5.45. The van der Waals surface area contributed by atoms with Gasteiger partial charge >= 0.3 is 0 Å². The fraction of sp³-hybridized carbons (Fsp3) is 0.333. The summed E-state index contributed by atoms with van der Waals surface area (Å²) in [6, 6.07) is 16.7. The van der Waals surface area contributed by atoms with E-state index in [1.165, 1.54) is 43.4 Å². The van der Waals surface area contributed by atoms with Crippen LogP contribution in [0.2, 0.25) is 0 Å². The first-order valence-corrected chi connectivity index (χ1v) is 7.30. The molecule has 0 spiro atoms. The van der Waals surface area contributed by atoms with Crippen LogP contribution in [0.3, 0.4) is 0 Å². The van der Waals surface area contributed by atoms with Crippen molar-refractivity contribution < 1.29 is 9.13 Å². The second kappa shape index (κ2) is 6.08. The van der Waals surface area contributed by atoms with Gasteiger partial charge in [0.1, 0.15) is 17.7 Å². The Labute approximate surface area is 119 Å². The molecule has 1 aliphatic rings. The average molecular weight is 270 g/mol. The molecule has 0 saturated heterocycles. The van der Waals surface area contributed by atoms with Crippen LogP contribution in [-0.2, 0) is 0 Å². The topological polar surface area (TPSA) is 9.23 Å². The van der Waals surface area contributed by atoms with E-state index >= 15 is 0 Å². The van der Waals surface area contributed by atoms with Crippen LogP contribution in [0.4, 0.5) is 4.39 Å².